The van der Waals surface area contributed by atoms with Crippen molar-refractivity contribution in [1.82, 2.24) is 9.80 Å². The molecule has 0 aromatic rings. The molecule has 2 aliphatic heterocycles. The standard InChI is InChI=1S/C20H40N4S4.2BrH/c1-23(2)13-9-21(10-14-23)19(25)27-17-7-5-6-8-18-28-20(26)22-11-15-24(3,4)16-12-22;;/h5-18H2,1-4H3;2*1H/q+2;;/p-2. The van der Waals surface area contributed by atoms with Gasteiger partial charge in [0.15, 0.2) is 0 Å². The number of thioether (sulfide) groups is 2. The van der Waals surface area contributed by atoms with Crippen LogP contribution in [0.1, 0.15) is 25.7 Å². The van der Waals surface area contributed by atoms with Crippen LogP contribution < -0.4 is 34.0 Å². The Balaban J connectivity index is 0.00000420. The van der Waals surface area contributed by atoms with Crippen molar-refractivity contribution in [3.63, 3.8) is 0 Å². The lowest BCUT2D eigenvalue weighted by atomic mass is 10.2. The van der Waals surface area contributed by atoms with Crippen molar-refractivity contribution in [1.29, 1.82) is 0 Å². The van der Waals surface area contributed by atoms with Gasteiger partial charge >= 0.3 is 0 Å². The number of unbranched alkanes of at least 4 members (excludes halogenated alkanes) is 3. The summed E-state index contributed by atoms with van der Waals surface area (Å²) in [7, 11) is 9.24. The number of hydrogen-bond donors (Lipinski definition) is 0. The van der Waals surface area contributed by atoms with Crippen LogP contribution in [0.4, 0.5) is 0 Å². The Hall–Kier alpha value is 1.36. The zero-order valence-electron chi connectivity index (χ0n) is 19.1. The Kier molecular flexibility index (Phi) is 16.0. The van der Waals surface area contributed by atoms with E-state index in [0.29, 0.717) is 0 Å². The van der Waals surface area contributed by atoms with Crippen LogP contribution in [0.2, 0.25) is 0 Å². The van der Waals surface area contributed by atoms with Crippen molar-refractivity contribution in [3.8, 4) is 0 Å². The largest absolute Gasteiger partial charge is 1.00 e. The summed E-state index contributed by atoms with van der Waals surface area (Å²) < 4.78 is 4.48. The second-order valence-electron chi connectivity index (χ2n) is 9.38. The number of halogens is 2. The highest BCUT2D eigenvalue weighted by molar-refractivity contribution is 8.23. The van der Waals surface area contributed by atoms with E-state index in [1.807, 2.05) is 23.5 Å². The van der Waals surface area contributed by atoms with Gasteiger partial charge in [0.25, 0.3) is 0 Å². The number of hydrogen-bond acceptors (Lipinski definition) is 4. The number of rotatable bonds is 7. The SMILES string of the molecule is C[N+]1(C)CCN(C(=S)SCCCCCCSC(=S)N2CC[N+](C)(C)CC2)CC1.[Br-].[Br-]. The minimum atomic E-state index is 0. The van der Waals surface area contributed by atoms with E-state index in [1.54, 1.807) is 0 Å². The summed E-state index contributed by atoms with van der Waals surface area (Å²) in [5.41, 5.74) is 0. The van der Waals surface area contributed by atoms with Crippen LogP contribution in [-0.2, 0) is 0 Å². The molecule has 2 rings (SSSR count). The van der Waals surface area contributed by atoms with Gasteiger partial charge in [-0.1, -0.05) is 60.8 Å². The molecule has 4 nitrogen and oxygen atoms in total. The molecule has 2 saturated heterocycles. The molecule has 30 heavy (non-hydrogen) atoms. The van der Waals surface area contributed by atoms with Gasteiger partial charge in [-0.05, 0) is 12.8 Å². The minimum Gasteiger partial charge on any atom is -1.00 e. The lowest BCUT2D eigenvalue weighted by Crippen LogP contribution is -3.00. The summed E-state index contributed by atoms with van der Waals surface area (Å²) in [6, 6.07) is 0. The lowest BCUT2D eigenvalue weighted by Gasteiger charge is -2.39. The highest BCUT2D eigenvalue weighted by Gasteiger charge is 2.26. The summed E-state index contributed by atoms with van der Waals surface area (Å²) in [6.07, 6.45) is 5.16. The number of nitrogens with zero attached hydrogens (tertiary/aromatic N) is 4. The van der Waals surface area contributed by atoms with Gasteiger partial charge in [-0.25, -0.2) is 0 Å². The van der Waals surface area contributed by atoms with Crippen molar-refractivity contribution in [3.05, 3.63) is 0 Å². The monoisotopic (exact) mass is 622 g/mol. The van der Waals surface area contributed by atoms with E-state index in [0.717, 1.165) is 43.8 Å². The molecule has 0 aromatic carbocycles. The summed E-state index contributed by atoms with van der Waals surface area (Å²) in [6.45, 7) is 9.27. The Bertz CT molecular complexity index is 469. The average Bonchev–Trinajstić information content (AvgIpc) is 2.63. The number of quaternary nitrogens is 2. The van der Waals surface area contributed by atoms with Crippen LogP contribution in [0.25, 0.3) is 0 Å². The molecule has 0 bridgehead atoms. The number of piperazine rings is 2. The molecular weight excluding hydrogens is 584 g/mol. The average molecular weight is 625 g/mol. The highest BCUT2D eigenvalue weighted by Crippen LogP contribution is 2.18. The lowest BCUT2D eigenvalue weighted by molar-refractivity contribution is -0.893. The van der Waals surface area contributed by atoms with E-state index in [4.69, 9.17) is 24.4 Å². The van der Waals surface area contributed by atoms with E-state index < -0.39 is 0 Å². The van der Waals surface area contributed by atoms with Gasteiger partial charge in [0.05, 0.1) is 80.5 Å². The topological polar surface area (TPSA) is 6.48 Å². The Morgan fingerprint density at radius 2 is 0.933 bits per heavy atom. The third-order valence-electron chi connectivity index (χ3n) is 5.91. The first-order valence-electron chi connectivity index (χ1n) is 10.7. The molecule has 2 heterocycles. The van der Waals surface area contributed by atoms with Crippen molar-refractivity contribution in [2.24, 2.45) is 0 Å². The quantitative estimate of drug-likeness (QED) is 0.173. The number of likely N-dealkylation sites (N-methyl/N-ethyl adjacent to an activating group) is 2. The molecule has 0 aliphatic carbocycles. The summed E-state index contributed by atoms with van der Waals surface area (Å²) in [4.78, 5) is 4.81. The van der Waals surface area contributed by atoms with Gasteiger partial charge in [0.2, 0.25) is 0 Å². The number of thiocarbonyl (C=S) groups is 2. The maximum absolute atomic E-state index is 5.63. The van der Waals surface area contributed by atoms with Crippen molar-refractivity contribution in [2.45, 2.75) is 25.7 Å². The van der Waals surface area contributed by atoms with Crippen molar-refractivity contribution >= 4 is 56.6 Å². The molecule has 0 aromatic heterocycles. The molecule has 2 fully saturated rings. The van der Waals surface area contributed by atoms with Crippen LogP contribution in [0.3, 0.4) is 0 Å². The van der Waals surface area contributed by atoms with Gasteiger partial charge in [0, 0.05) is 11.5 Å². The van der Waals surface area contributed by atoms with Gasteiger partial charge < -0.3 is 52.7 Å². The van der Waals surface area contributed by atoms with E-state index in [9.17, 15) is 0 Å². The molecular formula is C20H40Br2N4S4. The molecule has 0 radical (unpaired) electrons. The second-order valence-corrected chi connectivity index (χ2v) is 12.8. The van der Waals surface area contributed by atoms with E-state index in [2.05, 4.69) is 38.0 Å². The molecule has 0 atom stereocenters. The molecule has 2 aliphatic rings. The summed E-state index contributed by atoms with van der Waals surface area (Å²) in [5.74, 6) is 2.34. The van der Waals surface area contributed by atoms with Crippen LogP contribution in [0.15, 0.2) is 0 Å². The van der Waals surface area contributed by atoms with E-state index in [-0.39, 0.29) is 34.0 Å². The van der Waals surface area contributed by atoms with Crippen LogP contribution in [0.5, 0.6) is 0 Å². The molecule has 0 unspecified atom stereocenters. The maximum atomic E-state index is 5.63. The first-order chi connectivity index (χ1) is 13.2. The van der Waals surface area contributed by atoms with Gasteiger partial charge in [0.1, 0.15) is 8.64 Å². The predicted molar refractivity (Wildman–Crippen MR) is 135 cm³/mol. The smallest absolute Gasteiger partial charge is 0.136 e. The van der Waals surface area contributed by atoms with E-state index >= 15 is 0 Å². The highest BCUT2D eigenvalue weighted by atomic mass is 79.9. The van der Waals surface area contributed by atoms with Crippen LogP contribution in [0, 0.1) is 0 Å². The van der Waals surface area contributed by atoms with Crippen LogP contribution >= 0.6 is 48.0 Å². The van der Waals surface area contributed by atoms with Crippen molar-refractivity contribution in [2.75, 3.05) is 92.1 Å². The second kappa shape index (κ2) is 15.3. The van der Waals surface area contributed by atoms with E-state index in [1.165, 1.54) is 63.4 Å². The fourth-order valence-corrected chi connectivity index (χ4v) is 6.08. The zero-order valence-corrected chi connectivity index (χ0v) is 25.5. The Morgan fingerprint density at radius 1 is 0.633 bits per heavy atom. The molecule has 0 N–H and O–H groups in total. The third-order valence-corrected chi connectivity index (χ3v) is 9.13. The van der Waals surface area contributed by atoms with Crippen molar-refractivity contribution < 1.29 is 42.9 Å². The van der Waals surface area contributed by atoms with Crippen LogP contribution in [-0.4, -0.2) is 119 Å². The Labute approximate surface area is 225 Å². The fraction of sp³-hybridized carbons (Fsp3) is 0.900. The zero-order chi connectivity index (χ0) is 20.6. The molecule has 0 amide bonds. The van der Waals surface area contributed by atoms with Gasteiger partial charge in [-0.15, -0.1) is 0 Å². The normalized spacial score (nSPS) is 20.1. The predicted octanol–water partition coefficient (Wildman–Crippen LogP) is -2.62. The first-order valence-corrected chi connectivity index (χ1v) is 13.4. The minimum absolute atomic E-state index is 0. The molecule has 0 spiro atoms. The Morgan fingerprint density at radius 3 is 1.23 bits per heavy atom. The first kappa shape index (κ1) is 31.4. The maximum Gasteiger partial charge on any atom is 0.136 e. The molecule has 0 saturated carbocycles. The molecule has 10 heteroatoms. The molecule has 178 valence electrons. The van der Waals surface area contributed by atoms with Gasteiger partial charge in [-0.3, -0.25) is 0 Å². The summed E-state index contributed by atoms with van der Waals surface area (Å²) in [5, 5.41) is 0. The summed E-state index contributed by atoms with van der Waals surface area (Å²) >= 11 is 15.0. The third kappa shape index (κ3) is 12.0. The van der Waals surface area contributed by atoms with Gasteiger partial charge in [-0.2, -0.15) is 0 Å². The fourth-order valence-electron chi connectivity index (χ4n) is 3.44.